The molecule has 1 heterocycles. The predicted molar refractivity (Wildman–Crippen MR) is 77.8 cm³/mol. The Morgan fingerprint density at radius 3 is 2.62 bits per heavy atom. The van der Waals surface area contributed by atoms with Crippen molar-refractivity contribution in [2.24, 2.45) is 0 Å². The second-order valence-corrected chi connectivity index (χ2v) is 7.32. The van der Waals surface area contributed by atoms with Crippen LogP contribution in [-0.4, -0.2) is 20.3 Å². The molecule has 21 heavy (non-hydrogen) atoms. The van der Waals surface area contributed by atoms with E-state index in [4.69, 9.17) is 4.74 Å². The summed E-state index contributed by atoms with van der Waals surface area (Å²) < 4.78 is 43.2. The molecule has 0 spiro atoms. The van der Waals surface area contributed by atoms with Crippen molar-refractivity contribution in [1.29, 1.82) is 0 Å². The van der Waals surface area contributed by atoms with E-state index in [-0.39, 0.29) is 10.6 Å². The Morgan fingerprint density at radius 2 is 1.90 bits per heavy atom. The van der Waals surface area contributed by atoms with E-state index in [1.54, 1.807) is 0 Å². The van der Waals surface area contributed by atoms with Crippen LogP contribution in [0.2, 0.25) is 0 Å². The van der Waals surface area contributed by atoms with Crippen LogP contribution in [-0.2, 0) is 16.3 Å². The van der Waals surface area contributed by atoms with Crippen LogP contribution in [0.25, 0.3) is 0 Å². The first-order chi connectivity index (χ1) is 9.94. The lowest BCUT2D eigenvalue weighted by molar-refractivity contribution is 0.256. The molecule has 0 saturated heterocycles. The number of sulfone groups is 1. The number of aryl methyl sites for hydroxylation is 1. The average molecular weight is 306 g/mol. The van der Waals surface area contributed by atoms with E-state index in [2.05, 4.69) is 0 Å². The van der Waals surface area contributed by atoms with E-state index in [1.165, 1.54) is 12.1 Å². The minimum atomic E-state index is -3.48. The summed E-state index contributed by atoms with van der Waals surface area (Å²) in [5, 5.41) is 0. The van der Waals surface area contributed by atoms with Gasteiger partial charge in [0.15, 0.2) is 9.84 Å². The van der Waals surface area contributed by atoms with Crippen molar-refractivity contribution in [2.45, 2.75) is 24.3 Å². The van der Waals surface area contributed by atoms with Crippen LogP contribution in [0.4, 0.5) is 4.39 Å². The second kappa shape index (κ2) is 5.15. The third-order valence-electron chi connectivity index (χ3n) is 3.54. The fraction of sp³-hybridized carbons (Fsp3) is 0.250. The minimum Gasteiger partial charge on any atom is -0.489 e. The summed E-state index contributed by atoms with van der Waals surface area (Å²) in [6.45, 7) is 1.99. The van der Waals surface area contributed by atoms with Crippen LogP contribution < -0.4 is 4.74 Å². The summed E-state index contributed by atoms with van der Waals surface area (Å²) in [5.74, 6) is 0.195. The van der Waals surface area contributed by atoms with E-state index in [0.717, 1.165) is 29.0 Å². The molecule has 5 heteroatoms. The number of halogens is 1. The number of hydrogen-bond acceptors (Lipinski definition) is 3. The molecule has 0 fully saturated rings. The quantitative estimate of drug-likeness (QED) is 0.819. The molecule has 0 aliphatic carbocycles. The third kappa shape index (κ3) is 2.93. The van der Waals surface area contributed by atoms with E-state index in [1.807, 2.05) is 25.1 Å². The first-order valence-electron chi connectivity index (χ1n) is 6.68. The minimum absolute atomic E-state index is 0.105. The summed E-state index contributed by atoms with van der Waals surface area (Å²) in [6, 6.07) is 10.7. The lowest BCUT2D eigenvalue weighted by Gasteiger charge is -2.11. The number of ether oxygens (including phenoxy) is 1. The summed E-state index contributed by atoms with van der Waals surface area (Å²) in [7, 11) is -3.48. The maximum absolute atomic E-state index is 12.9. The van der Waals surface area contributed by atoms with Gasteiger partial charge in [-0.1, -0.05) is 17.7 Å². The molecule has 1 aliphatic rings. The molecule has 3 nitrogen and oxygen atoms in total. The number of rotatable bonds is 3. The van der Waals surface area contributed by atoms with Gasteiger partial charge in [0.1, 0.15) is 17.7 Å². The van der Waals surface area contributed by atoms with Crippen LogP contribution in [0.3, 0.4) is 0 Å². The van der Waals surface area contributed by atoms with Gasteiger partial charge in [0.05, 0.1) is 10.6 Å². The van der Waals surface area contributed by atoms with E-state index < -0.39 is 21.8 Å². The van der Waals surface area contributed by atoms with Gasteiger partial charge in [-0.05, 0) is 42.8 Å². The highest BCUT2D eigenvalue weighted by molar-refractivity contribution is 7.91. The topological polar surface area (TPSA) is 43.4 Å². The average Bonchev–Trinajstić information content (AvgIpc) is 2.79. The van der Waals surface area contributed by atoms with Crippen LogP contribution in [0, 0.1) is 12.7 Å². The van der Waals surface area contributed by atoms with Gasteiger partial charge in [-0.25, -0.2) is 12.8 Å². The molecular formula is C16H15FO3S. The van der Waals surface area contributed by atoms with Gasteiger partial charge in [-0.3, -0.25) is 0 Å². The molecule has 2 aromatic rings. The lowest BCUT2D eigenvalue weighted by atomic mass is 10.1. The van der Waals surface area contributed by atoms with E-state index in [0.29, 0.717) is 6.42 Å². The zero-order valence-corrected chi connectivity index (χ0v) is 12.4. The summed E-state index contributed by atoms with van der Waals surface area (Å²) in [6.07, 6.45) is 0.189. The van der Waals surface area contributed by atoms with Crippen molar-refractivity contribution in [3.63, 3.8) is 0 Å². The maximum Gasteiger partial charge on any atom is 0.182 e. The molecule has 0 bridgehead atoms. The Labute approximate surface area is 123 Å². The Bertz CT molecular complexity index is 767. The molecule has 0 N–H and O–H groups in total. The molecule has 0 radical (unpaired) electrons. The summed E-state index contributed by atoms with van der Waals surface area (Å²) >= 11 is 0. The number of benzene rings is 2. The normalized spacial score (nSPS) is 17.3. The highest BCUT2D eigenvalue weighted by Crippen LogP contribution is 2.30. The summed E-state index contributed by atoms with van der Waals surface area (Å²) in [4.78, 5) is 0.125. The monoisotopic (exact) mass is 306 g/mol. The predicted octanol–water partition coefficient (Wildman–Crippen LogP) is 2.91. The van der Waals surface area contributed by atoms with Crippen LogP contribution >= 0.6 is 0 Å². The van der Waals surface area contributed by atoms with Gasteiger partial charge >= 0.3 is 0 Å². The second-order valence-electron chi connectivity index (χ2n) is 5.29. The Morgan fingerprint density at radius 1 is 1.19 bits per heavy atom. The van der Waals surface area contributed by atoms with E-state index in [9.17, 15) is 12.8 Å². The van der Waals surface area contributed by atoms with Gasteiger partial charge in [0, 0.05) is 6.42 Å². The van der Waals surface area contributed by atoms with Crippen molar-refractivity contribution in [1.82, 2.24) is 0 Å². The van der Waals surface area contributed by atoms with Crippen molar-refractivity contribution in [3.05, 3.63) is 59.4 Å². The van der Waals surface area contributed by atoms with E-state index >= 15 is 0 Å². The molecule has 2 aromatic carbocycles. The van der Waals surface area contributed by atoms with Crippen molar-refractivity contribution >= 4 is 9.84 Å². The van der Waals surface area contributed by atoms with Crippen LogP contribution in [0.15, 0.2) is 47.4 Å². The van der Waals surface area contributed by atoms with Gasteiger partial charge in [0.2, 0.25) is 0 Å². The fourth-order valence-corrected chi connectivity index (χ4v) is 3.94. The zero-order valence-electron chi connectivity index (χ0n) is 11.5. The van der Waals surface area contributed by atoms with Crippen molar-refractivity contribution in [3.8, 4) is 5.75 Å². The van der Waals surface area contributed by atoms with Gasteiger partial charge in [-0.15, -0.1) is 0 Å². The molecule has 1 aliphatic heterocycles. The molecular weight excluding hydrogens is 291 g/mol. The van der Waals surface area contributed by atoms with Crippen molar-refractivity contribution in [2.75, 3.05) is 5.75 Å². The zero-order chi connectivity index (χ0) is 15.0. The fourth-order valence-electron chi connectivity index (χ4n) is 2.53. The van der Waals surface area contributed by atoms with Gasteiger partial charge < -0.3 is 4.74 Å². The number of hydrogen-bond donors (Lipinski definition) is 0. The molecule has 110 valence electrons. The first kappa shape index (κ1) is 14.1. The smallest absolute Gasteiger partial charge is 0.182 e. The number of fused-ring (bicyclic) bond motifs is 1. The van der Waals surface area contributed by atoms with Crippen LogP contribution in [0.1, 0.15) is 11.1 Å². The molecule has 1 unspecified atom stereocenters. The Balaban J connectivity index is 1.77. The maximum atomic E-state index is 12.9. The third-order valence-corrected chi connectivity index (χ3v) is 5.34. The molecule has 0 saturated carbocycles. The largest absolute Gasteiger partial charge is 0.489 e. The Kier molecular flexibility index (Phi) is 3.45. The molecule has 0 amide bonds. The SMILES string of the molecule is Cc1ccc2c(c1)CC(CS(=O)(=O)c1ccc(F)cc1)O2. The molecule has 0 aromatic heterocycles. The Hall–Kier alpha value is -1.88. The van der Waals surface area contributed by atoms with Crippen LogP contribution in [0.5, 0.6) is 5.75 Å². The van der Waals surface area contributed by atoms with Gasteiger partial charge in [-0.2, -0.15) is 0 Å². The highest BCUT2D eigenvalue weighted by atomic mass is 32.2. The first-order valence-corrected chi connectivity index (χ1v) is 8.34. The summed E-state index contributed by atoms with van der Waals surface area (Å²) in [5.41, 5.74) is 2.16. The highest BCUT2D eigenvalue weighted by Gasteiger charge is 2.28. The molecule has 3 rings (SSSR count). The van der Waals surface area contributed by atoms with Gasteiger partial charge in [0.25, 0.3) is 0 Å². The molecule has 1 atom stereocenters. The lowest BCUT2D eigenvalue weighted by Crippen LogP contribution is -2.25. The standard InChI is InChI=1S/C16H15FO3S/c1-11-2-7-16-12(8-11)9-14(20-16)10-21(18,19)15-5-3-13(17)4-6-15/h2-8,14H,9-10H2,1H3. The van der Waals surface area contributed by atoms with Crippen molar-refractivity contribution < 1.29 is 17.5 Å².